The topological polar surface area (TPSA) is 98.7 Å². The van der Waals surface area contributed by atoms with Gasteiger partial charge in [-0.3, -0.25) is 9.59 Å². The van der Waals surface area contributed by atoms with Crippen molar-refractivity contribution in [3.8, 4) is 0 Å². The van der Waals surface area contributed by atoms with Gasteiger partial charge in [-0.25, -0.2) is 4.79 Å². The van der Waals surface area contributed by atoms with Gasteiger partial charge in [-0.2, -0.15) is 0 Å². The third-order valence-electron chi connectivity index (χ3n) is 3.08. The molecule has 7 heteroatoms. The van der Waals surface area contributed by atoms with E-state index in [0.717, 1.165) is 0 Å². The summed E-state index contributed by atoms with van der Waals surface area (Å²) < 4.78 is 0. The predicted molar refractivity (Wildman–Crippen MR) is 64.0 cm³/mol. The molecular weight excluding hydrogens is 238 g/mol. The molecule has 0 aromatic heterocycles. The summed E-state index contributed by atoms with van der Waals surface area (Å²) in [6, 6.07) is -0.997. The number of hydrogen-bond donors (Lipinski definition) is 3. The Morgan fingerprint density at radius 1 is 1.56 bits per heavy atom. The molecule has 18 heavy (non-hydrogen) atoms. The Balaban J connectivity index is 2.34. The van der Waals surface area contributed by atoms with Crippen LogP contribution in [0.25, 0.3) is 0 Å². The number of carbonyl (C=O) groups excluding carboxylic acids is 2. The van der Waals surface area contributed by atoms with Gasteiger partial charge in [0.05, 0.1) is 5.92 Å². The number of carbonyl (C=O) groups is 3. The van der Waals surface area contributed by atoms with Crippen LogP contribution < -0.4 is 10.6 Å². The molecule has 1 saturated heterocycles. The molecule has 0 radical (unpaired) electrons. The van der Waals surface area contributed by atoms with E-state index in [9.17, 15) is 14.4 Å². The number of carboxylic acids is 1. The summed E-state index contributed by atoms with van der Waals surface area (Å²) in [5, 5.41) is 13.8. The molecule has 1 rings (SSSR count). The Morgan fingerprint density at radius 2 is 2.22 bits per heavy atom. The number of rotatable bonds is 5. The number of likely N-dealkylation sites (N-methyl/N-ethyl adjacent to an activating group) is 1. The second-order valence-electron chi connectivity index (χ2n) is 4.40. The molecule has 0 aromatic carbocycles. The summed E-state index contributed by atoms with van der Waals surface area (Å²) in [6.45, 7) is 2.43. The Hall–Kier alpha value is -1.79. The van der Waals surface area contributed by atoms with Crippen molar-refractivity contribution in [3.63, 3.8) is 0 Å². The lowest BCUT2D eigenvalue weighted by Gasteiger charge is -2.15. The summed E-state index contributed by atoms with van der Waals surface area (Å²) in [7, 11) is 1.68. The SMILES string of the molecule is CCC(CNC(=O)NC1CCN(C)C1=O)C(=O)O. The summed E-state index contributed by atoms with van der Waals surface area (Å²) in [5.74, 6) is -1.65. The van der Waals surface area contributed by atoms with Crippen LogP contribution in [0.15, 0.2) is 0 Å². The van der Waals surface area contributed by atoms with Gasteiger partial charge in [0.1, 0.15) is 6.04 Å². The molecule has 0 spiro atoms. The number of nitrogens with one attached hydrogen (secondary N) is 2. The van der Waals surface area contributed by atoms with Crippen LogP contribution in [0.2, 0.25) is 0 Å². The van der Waals surface area contributed by atoms with Crippen LogP contribution in [-0.4, -0.2) is 54.1 Å². The van der Waals surface area contributed by atoms with E-state index in [-0.39, 0.29) is 12.5 Å². The van der Waals surface area contributed by atoms with Gasteiger partial charge >= 0.3 is 12.0 Å². The number of amides is 3. The van der Waals surface area contributed by atoms with Gasteiger partial charge in [-0.05, 0) is 12.8 Å². The molecule has 3 amide bonds. The van der Waals surface area contributed by atoms with Gasteiger partial charge in [0.25, 0.3) is 0 Å². The van der Waals surface area contributed by atoms with Gasteiger partial charge in [-0.1, -0.05) is 6.92 Å². The minimum absolute atomic E-state index is 0.0639. The van der Waals surface area contributed by atoms with E-state index in [1.165, 1.54) is 0 Å². The zero-order valence-corrected chi connectivity index (χ0v) is 10.6. The van der Waals surface area contributed by atoms with Crippen LogP contribution in [0, 0.1) is 5.92 Å². The van der Waals surface area contributed by atoms with Crippen molar-refractivity contribution < 1.29 is 19.5 Å². The maximum atomic E-state index is 11.5. The Morgan fingerprint density at radius 3 is 2.67 bits per heavy atom. The fraction of sp³-hybridized carbons (Fsp3) is 0.727. The quantitative estimate of drug-likeness (QED) is 0.625. The Labute approximate surface area is 106 Å². The maximum absolute atomic E-state index is 11.5. The Kier molecular flexibility index (Phi) is 4.94. The van der Waals surface area contributed by atoms with E-state index in [1.807, 2.05) is 0 Å². The first-order chi connectivity index (χ1) is 8.45. The maximum Gasteiger partial charge on any atom is 0.315 e. The molecule has 2 unspecified atom stereocenters. The number of carboxylic acid groups (broad SMARTS) is 1. The average Bonchev–Trinajstić information content (AvgIpc) is 2.61. The van der Waals surface area contributed by atoms with Gasteiger partial charge in [0, 0.05) is 20.1 Å². The molecule has 102 valence electrons. The van der Waals surface area contributed by atoms with Crippen LogP contribution in [0.4, 0.5) is 4.79 Å². The third-order valence-corrected chi connectivity index (χ3v) is 3.08. The number of likely N-dealkylation sites (tertiary alicyclic amines) is 1. The molecule has 0 bridgehead atoms. The summed E-state index contributed by atoms with van der Waals surface area (Å²) in [4.78, 5) is 35.3. The van der Waals surface area contributed by atoms with Crippen molar-refractivity contribution in [1.82, 2.24) is 15.5 Å². The van der Waals surface area contributed by atoms with Crippen LogP contribution in [0.1, 0.15) is 19.8 Å². The molecular formula is C11H19N3O4. The van der Waals surface area contributed by atoms with Gasteiger partial charge in [-0.15, -0.1) is 0 Å². The molecule has 0 saturated carbocycles. The van der Waals surface area contributed by atoms with Crippen molar-refractivity contribution in [2.45, 2.75) is 25.8 Å². The molecule has 1 heterocycles. The minimum atomic E-state index is -0.936. The highest BCUT2D eigenvalue weighted by molar-refractivity contribution is 5.88. The second-order valence-corrected chi connectivity index (χ2v) is 4.40. The van der Waals surface area contributed by atoms with Crippen LogP contribution in [-0.2, 0) is 9.59 Å². The monoisotopic (exact) mass is 257 g/mol. The summed E-state index contributed by atoms with van der Waals surface area (Å²) in [5.41, 5.74) is 0. The van der Waals surface area contributed by atoms with E-state index in [0.29, 0.717) is 19.4 Å². The second kappa shape index (κ2) is 6.23. The fourth-order valence-electron chi connectivity index (χ4n) is 1.79. The average molecular weight is 257 g/mol. The normalized spacial score (nSPS) is 20.7. The molecule has 1 fully saturated rings. The van der Waals surface area contributed by atoms with E-state index >= 15 is 0 Å². The van der Waals surface area contributed by atoms with Crippen molar-refractivity contribution in [2.75, 3.05) is 20.1 Å². The first-order valence-corrected chi connectivity index (χ1v) is 5.97. The highest BCUT2D eigenvalue weighted by atomic mass is 16.4. The van der Waals surface area contributed by atoms with Crippen LogP contribution >= 0.6 is 0 Å². The van der Waals surface area contributed by atoms with Crippen LogP contribution in [0.3, 0.4) is 0 Å². The van der Waals surface area contributed by atoms with Gasteiger partial charge in [0.15, 0.2) is 0 Å². The molecule has 0 aliphatic carbocycles. The largest absolute Gasteiger partial charge is 0.481 e. The van der Waals surface area contributed by atoms with Crippen molar-refractivity contribution in [3.05, 3.63) is 0 Å². The minimum Gasteiger partial charge on any atom is -0.481 e. The number of hydrogen-bond acceptors (Lipinski definition) is 3. The highest BCUT2D eigenvalue weighted by Crippen LogP contribution is 2.08. The zero-order chi connectivity index (χ0) is 13.7. The Bertz CT molecular complexity index is 345. The standard InChI is InChI=1S/C11H19N3O4/c1-3-7(10(16)17)6-12-11(18)13-8-4-5-14(2)9(8)15/h7-8H,3-6H2,1-2H3,(H,16,17)(H2,12,13,18). The first-order valence-electron chi connectivity index (χ1n) is 5.97. The third kappa shape index (κ3) is 3.61. The predicted octanol–water partition coefficient (Wildman–Crippen LogP) is -0.373. The zero-order valence-electron chi connectivity index (χ0n) is 10.6. The van der Waals surface area contributed by atoms with Gasteiger partial charge in [0.2, 0.25) is 5.91 Å². The summed E-state index contributed by atoms with van der Waals surface area (Å²) >= 11 is 0. The molecule has 7 nitrogen and oxygen atoms in total. The fourth-order valence-corrected chi connectivity index (χ4v) is 1.79. The van der Waals surface area contributed by atoms with Gasteiger partial charge < -0.3 is 20.6 Å². The molecule has 0 aromatic rings. The molecule has 3 N–H and O–H groups in total. The van der Waals surface area contributed by atoms with E-state index in [1.54, 1.807) is 18.9 Å². The molecule has 1 aliphatic heterocycles. The highest BCUT2D eigenvalue weighted by Gasteiger charge is 2.30. The van der Waals surface area contributed by atoms with E-state index in [2.05, 4.69) is 10.6 Å². The first kappa shape index (κ1) is 14.3. The van der Waals surface area contributed by atoms with E-state index in [4.69, 9.17) is 5.11 Å². The number of aliphatic carboxylic acids is 1. The van der Waals surface area contributed by atoms with E-state index < -0.39 is 24.0 Å². The number of urea groups is 1. The van der Waals surface area contributed by atoms with Crippen molar-refractivity contribution >= 4 is 17.9 Å². The van der Waals surface area contributed by atoms with Crippen molar-refractivity contribution in [2.24, 2.45) is 5.92 Å². The number of nitrogens with zero attached hydrogens (tertiary/aromatic N) is 1. The molecule has 2 atom stereocenters. The van der Waals surface area contributed by atoms with Crippen molar-refractivity contribution in [1.29, 1.82) is 0 Å². The lowest BCUT2D eigenvalue weighted by atomic mass is 10.1. The van der Waals surface area contributed by atoms with Crippen LogP contribution in [0.5, 0.6) is 0 Å². The smallest absolute Gasteiger partial charge is 0.315 e. The molecule has 1 aliphatic rings. The summed E-state index contributed by atoms with van der Waals surface area (Å²) in [6.07, 6.45) is 1.03. The lowest BCUT2D eigenvalue weighted by Crippen LogP contribution is -2.47. The lowest BCUT2D eigenvalue weighted by molar-refractivity contribution is -0.141.